The van der Waals surface area contributed by atoms with E-state index in [9.17, 15) is 26.9 Å². The fourth-order valence-corrected chi connectivity index (χ4v) is 4.72. The van der Waals surface area contributed by atoms with Crippen molar-refractivity contribution in [2.75, 3.05) is 10.0 Å². The van der Waals surface area contributed by atoms with Crippen molar-refractivity contribution in [1.29, 1.82) is 0 Å². The maximum Gasteiger partial charge on any atom is 0.184 e. The molecule has 4 nitrogen and oxygen atoms in total. The van der Waals surface area contributed by atoms with Crippen LogP contribution in [0.3, 0.4) is 0 Å². The van der Waals surface area contributed by atoms with Gasteiger partial charge in [-0.1, -0.05) is 12.1 Å². The molecule has 3 unspecified atom stereocenters. The van der Waals surface area contributed by atoms with Crippen LogP contribution in [0.15, 0.2) is 48.5 Å². The summed E-state index contributed by atoms with van der Waals surface area (Å²) in [4.78, 5) is 0. The molecule has 4 rings (SSSR count). The minimum Gasteiger partial charge on any atom is -0.508 e. The largest absolute Gasteiger partial charge is 0.508 e. The number of halogens is 4. The molecule has 1 saturated carbocycles. The molecule has 162 valence electrons. The zero-order valence-corrected chi connectivity index (χ0v) is 17.1. The summed E-state index contributed by atoms with van der Waals surface area (Å²) in [5.41, 5.74) is 0.504. The van der Waals surface area contributed by atoms with Crippen LogP contribution in [0, 0.1) is 30.2 Å². The number of benzene rings is 3. The van der Waals surface area contributed by atoms with Crippen LogP contribution in [-0.2, 0) is 11.0 Å². The van der Waals surface area contributed by atoms with Crippen LogP contribution in [0.5, 0.6) is 5.75 Å². The number of phenols is 1. The molecule has 0 saturated heterocycles. The summed E-state index contributed by atoms with van der Waals surface area (Å²) in [6.07, 6.45) is 0.417. The van der Waals surface area contributed by atoms with Gasteiger partial charge < -0.3 is 15.1 Å². The SMILES string of the molecule is Cc1ccc(Nc2c(NS(=O)C3CC3c3ccc(O)cc3F)ccc(F)c2F)c(F)c1. The maximum absolute atomic E-state index is 14.5. The third-order valence-corrected chi connectivity index (χ3v) is 6.57. The van der Waals surface area contributed by atoms with Gasteiger partial charge in [-0.2, -0.15) is 0 Å². The van der Waals surface area contributed by atoms with E-state index in [-0.39, 0.29) is 28.7 Å². The Hall–Kier alpha value is -3.07. The quantitative estimate of drug-likeness (QED) is 0.427. The van der Waals surface area contributed by atoms with Gasteiger partial charge in [0.2, 0.25) is 0 Å². The Kier molecular flexibility index (Phi) is 5.62. The van der Waals surface area contributed by atoms with E-state index in [1.807, 2.05) is 0 Å². The normalized spacial score (nSPS) is 18.5. The average Bonchev–Trinajstić information content (AvgIpc) is 3.50. The van der Waals surface area contributed by atoms with Gasteiger partial charge >= 0.3 is 0 Å². The second kappa shape index (κ2) is 8.22. The lowest BCUT2D eigenvalue weighted by Crippen LogP contribution is -2.13. The lowest BCUT2D eigenvalue weighted by atomic mass is 10.1. The van der Waals surface area contributed by atoms with Gasteiger partial charge in [0.1, 0.15) is 34.1 Å². The van der Waals surface area contributed by atoms with Crippen LogP contribution in [0.2, 0.25) is 0 Å². The highest BCUT2D eigenvalue weighted by Crippen LogP contribution is 2.46. The molecular weight excluding hydrogens is 432 g/mol. The number of rotatable bonds is 6. The van der Waals surface area contributed by atoms with Gasteiger partial charge in [-0.25, -0.2) is 21.8 Å². The number of hydrogen-bond acceptors (Lipinski definition) is 3. The first-order valence-corrected chi connectivity index (χ1v) is 10.6. The standard InChI is InChI=1S/C22H18F4N2O2S/c1-11-2-6-18(17(25)8-11)27-22-19(7-5-15(23)21(22)26)28-31(30)20-10-14(20)13-4-3-12(29)9-16(13)24/h2-9,14,20,27-29H,10H2,1H3. The molecule has 0 aliphatic heterocycles. The lowest BCUT2D eigenvalue weighted by molar-refractivity contribution is 0.468. The molecule has 0 amide bonds. The van der Waals surface area contributed by atoms with E-state index < -0.39 is 39.5 Å². The predicted molar refractivity (Wildman–Crippen MR) is 112 cm³/mol. The Balaban J connectivity index is 1.56. The maximum atomic E-state index is 14.5. The van der Waals surface area contributed by atoms with E-state index >= 15 is 0 Å². The molecule has 3 atom stereocenters. The molecular formula is C22H18F4N2O2S. The molecule has 1 aliphatic carbocycles. The Morgan fingerprint density at radius 1 is 0.935 bits per heavy atom. The highest BCUT2D eigenvalue weighted by Gasteiger charge is 2.45. The van der Waals surface area contributed by atoms with Gasteiger partial charge in [0.15, 0.2) is 11.6 Å². The summed E-state index contributed by atoms with van der Waals surface area (Å²) < 4.78 is 71.9. The highest BCUT2D eigenvalue weighted by atomic mass is 32.2. The van der Waals surface area contributed by atoms with Crippen LogP contribution in [0.25, 0.3) is 0 Å². The Labute approximate surface area is 178 Å². The highest BCUT2D eigenvalue weighted by molar-refractivity contribution is 7.87. The zero-order chi connectivity index (χ0) is 22.3. The lowest BCUT2D eigenvalue weighted by Gasteiger charge is -2.15. The van der Waals surface area contributed by atoms with E-state index in [1.54, 1.807) is 13.0 Å². The second-order valence-electron chi connectivity index (χ2n) is 7.38. The van der Waals surface area contributed by atoms with Crippen molar-refractivity contribution in [3.05, 3.63) is 82.9 Å². The molecule has 1 aliphatic rings. The topological polar surface area (TPSA) is 61.4 Å². The predicted octanol–water partition coefficient (Wildman–Crippen LogP) is 5.63. The third-order valence-electron chi connectivity index (χ3n) is 5.08. The van der Waals surface area contributed by atoms with Gasteiger partial charge in [-0.05, 0) is 54.8 Å². The van der Waals surface area contributed by atoms with Gasteiger partial charge in [0.25, 0.3) is 0 Å². The molecule has 9 heteroatoms. The molecule has 0 radical (unpaired) electrons. The van der Waals surface area contributed by atoms with Crippen LogP contribution >= 0.6 is 0 Å². The van der Waals surface area contributed by atoms with E-state index in [2.05, 4.69) is 10.0 Å². The van der Waals surface area contributed by atoms with Crippen molar-refractivity contribution in [2.45, 2.75) is 24.5 Å². The number of aryl methyl sites for hydroxylation is 1. The number of aromatic hydroxyl groups is 1. The van der Waals surface area contributed by atoms with E-state index in [0.717, 1.165) is 12.1 Å². The number of anilines is 3. The monoisotopic (exact) mass is 450 g/mol. The van der Waals surface area contributed by atoms with Crippen LogP contribution in [-0.4, -0.2) is 14.6 Å². The molecule has 1 fully saturated rings. The van der Waals surface area contributed by atoms with Crippen molar-refractivity contribution < 1.29 is 26.9 Å². The second-order valence-corrected chi connectivity index (χ2v) is 8.78. The first-order valence-electron chi connectivity index (χ1n) is 9.41. The summed E-state index contributed by atoms with van der Waals surface area (Å²) in [7, 11) is -1.75. The smallest absolute Gasteiger partial charge is 0.184 e. The van der Waals surface area contributed by atoms with Crippen molar-refractivity contribution in [3.8, 4) is 5.75 Å². The average molecular weight is 450 g/mol. The molecule has 3 aromatic carbocycles. The van der Waals surface area contributed by atoms with Crippen LogP contribution in [0.4, 0.5) is 34.6 Å². The summed E-state index contributed by atoms with van der Waals surface area (Å²) >= 11 is 0. The Morgan fingerprint density at radius 3 is 2.39 bits per heavy atom. The number of phenolic OH excluding ortho intramolecular Hbond substituents is 1. The summed E-state index contributed by atoms with van der Waals surface area (Å²) in [6.45, 7) is 1.69. The molecule has 0 aromatic heterocycles. The fourth-order valence-electron chi connectivity index (χ4n) is 3.35. The van der Waals surface area contributed by atoms with Crippen molar-refractivity contribution in [3.63, 3.8) is 0 Å². The fraction of sp³-hybridized carbons (Fsp3) is 0.182. The third kappa shape index (κ3) is 4.36. The van der Waals surface area contributed by atoms with Crippen LogP contribution in [0.1, 0.15) is 23.5 Å². The van der Waals surface area contributed by atoms with Gasteiger partial charge in [-0.3, -0.25) is 0 Å². The van der Waals surface area contributed by atoms with Crippen molar-refractivity contribution >= 4 is 28.0 Å². The van der Waals surface area contributed by atoms with Crippen molar-refractivity contribution in [1.82, 2.24) is 0 Å². The van der Waals surface area contributed by atoms with E-state index in [0.29, 0.717) is 17.5 Å². The van der Waals surface area contributed by atoms with Crippen molar-refractivity contribution in [2.24, 2.45) is 0 Å². The summed E-state index contributed by atoms with van der Waals surface area (Å²) in [5, 5.41) is 11.4. The van der Waals surface area contributed by atoms with Gasteiger partial charge in [0.05, 0.1) is 16.6 Å². The minimum atomic E-state index is -1.75. The molecule has 31 heavy (non-hydrogen) atoms. The van der Waals surface area contributed by atoms with E-state index in [1.165, 1.54) is 30.3 Å². The zero-order valence-electron chi connectivity index (χ0n) is 16.3. The number of hydrogen-bond donors (Lipinski definition) is 3. The first-order chi connectivity index (χ1) is 14.7. The van der Waals surface area contributed by atoms with Gasteiger partial charge in [-0.15, -0.1) is 0 Å². The molecule has 3 N–H and O–H groups in total. The molecule has 0 spiro atoms. The first kappa shape index (κ1) is 21.2. The minimum absolute atomic E-state index is 0.0194. The van der Waals surface area contributed by atoms with Crippen LogP contribution < -0.4 is 10.0 Å². The van der Waals surface area contributed by atoms with E-state index in [4.69, 9.17) is 0 Å². The number of nitrogens with one attached hydrogen (secondary N) is 2. The summed E-state index contributed by atoms with van der Waals surface area (Å²) in [6, 6.07) is 10.1. The molecule has 3 aromatic rings. The molecule has 0 bridgehead atoms. The van der Waals surface area contributed by atoms with Gasteiger partial charge in [0, 0.05) is 12.0 Å². The summed E-state index contributed by atoms with van der Waals surface area (Å²) in [5.74, 6) is -4.21. The Morgan fingerprint density at radius 2 is 1.68 bits per heavy atom. The Bertz CT molecular complexity index is 1190. The molecule has 0 heterocycles.